The lowest BCUT2D eigenvalue weighted by atomic mass is 10.1. The number of amides is 1. The van der Waals surface area contributed by atoms with Crippen molar-refractivity contribution in [1.29, 1.82) is 0 Å². The number of ether oxygens (including phenoxy) is 2. The molecule has 1 N–H and O–H groups in total. The van der Waals surface area contributed by atoms with E-state index in [2.05, 4.69) is 0 Å². The van der Waals surface area contributed by atoms with E-state index in [1.54, 1.807) is 55.5 Å². The summed E-state index contributed by atoms with van der Waals surface area (Å²) >= 11 is 6.57. The summed E-state index contributed by atoms with van der Waals surface area (Å²) in [6.07, 6.45) is 0.654. The van der Waals surface area contributed by atoms with E-state index >= 15 is 0 Å². The molecule has 1 saturated heterocycles. The monoisotopic (exact) mass is 471 g/mol. The van der Waals surface area contributed by atoms with Gasteiger partial charge in [0.15, 0.2) is 27.7 Å². The second kappa shape index (κ2) is 9.97. The Hall–Kier alpha value is -3.17. The van der Waals surface area contributed by atoms with Crippen LogP contribution in [-0.2, 0) is 9.59 Å². The van der Waals surface area contributed by atoms with Crippen molar-refractivity contribution in [2.24, 2.45) is 0 Å². The van der Waals surface area contributed by atoms with Gasteiger partial charge in [0, 0.05) is 5.56 Å². The molecule has 0 aromatic heterocycles. The van der Waals surface area contributed by atoms with Gasteiger partial charge in [-0.2, -0.15) is 0 Å². The predicted molar refractivity (Wildman–Crippen MR) is 127 cm³/mol. The summed E-state index contributed by atoms with van der Waals surface area (Å²) in [7, 11) is 0. The lowest BCUT2D eigenvalue weighted by Crippen LogP contribution is -2.27. The van der Waals surface area contributed by atoms with Crippen LogP contribution in [0, 0.1) is 0 Å². The fourth-order valence-corrected chi connectivity index (χ4v) is 4.21. The van der Waals surface area contributed by atoms with Gasteiger partial charge in [-0.05, 0) is 68.8 Å². The number of anilines is 1. The third kappa shape index (κ3) is 5.17. The minimum atomic E-state index is -1.09. The standard InChI is InChI=1S/C23H21NO6S2/c1-4-29-19-11-15(5-10-18(19)30-14(3)22(27)28)12-20-21(26)24(23(31)32-20)17-8-6-16(7-9-17)13(2)25/h5-12,14H,4H2,1-3H3,(H,27,28)/b20-12+. The zero-order valence-corrected chi connectivity index (χ0v) is 19.3. The fraction of sp³-hybridized carbons (Fsp3) is 0.217. The number of thioether (sulfide) groups is 1. The van der Waals surface area contributed by atoms with Crippen molar-refractivity contribution in [3.8, 4) is 11.5 Å². The third-order valence-electron chi connectivity index (χ3n) is 4.54. The number of ketones is 1. The van der Waals surface area contributed by atoms with Crippen molar-refractivity contribution < 1.29 is 29.0 Å². The van der Waals surface area contributed by atoms with E-state index in [0.29, 0.717) is 44.1 Å². The minimum absolute atomic E-state index is 0.0582. The number of hydrogen-bond acceptors (Lipinski definition) is 7. The Morgan fingerprint density at radius 2 is 1.88 bits per heavy atom. The highest BCUT2D eigenvalue weighted by Gasteiger charge is 2.33. The Labute approximate surface area is 195 Å². The number of rotatable bonds is 8. The average molecular weight is 472 g/mol. The van der Waals surface area contributed by atoms with Gasteiger partial charge >= 0.3 is 5.97 Å². The Bertz CT molecular complexity index is 1110. The molecule has 0 bridgehead atoms. The van der Waals surface area contributed by atoms with Gasteiger partial charge in [-0.25, -0.2) is 4.79 Å². The topological polar surface area (TPSA) is 93.1 Å². The first-order chi connectivity index (χ1) is 15.2. The molecule has 0 radical (unpaired) electrons. The normalized spacial score (nSPS) is 15.7. The second-order valence-electron chi connectivity index (χ2n) is 6.86. The zero-order valence-electron chi connectivity index (χ0n) is 17.7. The molecule has 0 saturated carbocycles. The van der Waals surface area contributed by atoms with Crippen LogP contribution >= 0.6 is 24.0 Å². The molecular formula is C23H21NO6S2. The Morgan fingerprint density at radius 3 is 2.47 bits per heavy atom. The van der Waals surface area contributed by atoms with E-state index in [9.17, 15) is 14.4 Å². The number of Topliss-reactive ketones (excluding diaryl/α,β-unsaturated/α-hetero) is 1. The number of carboxylic acids is 1. The molecule has 2 aromatic rings. The molecule has 32 heavy (non-hydrogen) atoms. The van der Waals surface area contributed by atoms with Crippen LogP contribution in [0.25, 0.3) is 6.08 Å². The van der Waals surface area contributed by atoms with E-state index in [4.69, 9.17) is 26.8 Å². The lowest BCUT2D eigenvalue weighted by molar-refractivity contribution is -0.144. The Kier molecular flexibility index (Phi) is 7.32. The van der Waals surface area contributed by atoms with Crippen molar-refractivity contribution in [3.63, 3.8) is 0 Å². The predicted octanol–water partition coefficient (Wildman–Crippen LogP) is 4.55. The number of aliphatic carboxylic acids is 1. The number of hydrogen-bond donors (Lipinski definition) is 1. The number of thiocarbonyl (C=S) groups is 1. The van der Waals surface area contributed by atoms with Gasteiger partial charge in [0.05, 0.1) is 17.2 Å². The van der Waals surface area contributed by atoms with Crippen molar-refractivity contribution in [1.82, 2.24) is 0 Å². The summed E-state index contributed by atoms with van der Waals surface area (Å²) < 4.78 is 11.4. The molecule has 7 nitrogen and oxygen atoms in total. The average Bonchev–Trinajstić information content (AvgIpc) is 3.02. The Morgan fingerprint density at radius 1 is 1.19 bits per heavy atom. The van der Waals surface area contributed by atoms with Crippen LogP contribution < -0.4 is 14.4 Å². The summed E-state index contributed by atoms with van der Waals surface area (Å²) in [4.78, 5) is 37.4. The molecule has 1 aliphatic rings. The first-order valence-corrected chi connectivity index (χ1v) is 11.0. The number of carboxylic acid groups (broad SMARTS) is 1. The maximum Gasteiger partial charge on any atom is 0.344 e. The van der Waals surface area contributed by atoms with Crippen LogP contribution in [0.4, 0.5) is 5.69 Å². The van der Waals surface area contributed by atoms with Crippen molar-refractivity contribution in [2.75, 3.05) is 11.5 Å². The molecule has 1 heterocycles. The number of carbonyl (C=O) groups is 3. The third-order valence-corrected chi connectivity index (χ3v) is 5.84. The molecular weight excluding hydrogens is 450 g/mol. The maximum absolute atomic E-state index is 13.0. The van der Waals surface area contributed by atoms with Crippen LogP contribution in [0.5, 0.6) is 11.5 Å². The lowest BCUT2D eigenvalue weighted by Gasteiger charge is -2.15. The molecule has 9 heteroatoms. The van der Waals surface area contributed by atoms with E-state index in [0.717, 1.165) is 0 Å². The molecule has 1 amide bonds. The van der Waals surface area contributed by atoms with Crippen LogP contribution in [0.15, 0.2) is 47.4 Å². The van der Waals surface area contributed by atoms with Gasteiger partial charge in [0.25, 0.3) is 5.91 Å². The summed E-state index contributed by atoms with van der Waals surface area (Å²) in [5.41, 5.74) is 1.82. The van der Waals surface area contributed by atoms with Crippen molar-refractivity contribution in [3.05, 3.63) is 58.5 Å². The maximum atomic E-state index is 13.0. The first-order valence-electron chi connectivity index (χ1n) is 9.76. The van der Waals surface area contributed by atoms with Crippen LogP contribution in [0.2, 0.25) is 0 Å². The molecule has 1 unspecified atom stereocenters. The zero-order chi connectivity index (χ0) is 23.4. The summed E-state index contributed by atoms with van der Waals surface area (Å²) in [6, 6.07) is 11.7. The number of benzene rings is 2. The molecule has 1 atom stereocenters. The highest BCUT2D eigenvalue weighted by molar-refractivity contribution is 8.27. The highest BCUT2D eigenvalue weighted by Crippen LogP contribution is 2.37. The van der Waals surface area contributed by atoms with Gasteiger partial charge < -0.3 is 14.6 Å². The fourth-order valence-electron chi connectivity index (χ4n) is 2.91. The number of carbonyl (C=O) groups excluding carboxylic acids is 2. The van der Waals surface area contributed by atoms with E-state index in [-0.39, 0.29) is 11.7 Å². The van der Waals surface area contributed by atoms with Gasteiger partial charge in [-0.3, -0.25) is 14.5 Å². The summed E-state index contributed by atoms with van der Waals surface area (Å²) in [5.74, 6) is -0.733. The molecule has 2 aromatic carbocycles. The molecule has 166 valence electrons. The molecule has 1 aliphatic heterocycles. The first kappa shape index (κ1) is 23.5. The molecule has 0 spiro atoms. The van der Waals surface area contributed by atoms with E-state index < -0.39 is 12.1 Å². The van der Waals surface area contributed by atoms with Crippen molar-refractivity contribution in [2.45, 2.75) is 26.9 Å². The summed E-state index contributed by atoms with van der Waals surface area (Å²) in [5, 5.41) is 9.07. The summed E-state index contributed by atoms with van der Waals surface area (Å²) in [6.45, 7) is 5.08. The molecule has 0 aliphatic carbocycles. The smallest absolute Gasteiger partial charge is 0.344 e. The highest BCUT2D eigenvalue weighted by atomic mass is 32.2. The van der Waals surface area contributed by atoms with Crippen molar-refractivity contribution >= 4 is 57.7 Å². The van der Waals surface area contributed by atoms with Crippen LogP contribution in [0.3, 0.4) is 0 Å². The van der Waals surface area contributed by atoms with E-state index in [1.807, 2.05) is 0 Å². The van der Waals surface area contributed by atoms with Crippen LogP contribution in [0.1, 0.15) is 36.7 Å². The van der Waals surface area contributed by atoms with Gasteiger partial charge in [0.1, 0.15) is 0 Å². The van der Waals surface area contributed by atoms with E-state index in [1.165, 1.54) is 30.5 Å². The van der Waals surface area contributed by atoms with Gasteiger partial charge in [-0.15, -0.1) is 0 Å². The molecule has 1 fully saturated rings. The minimum Gasteiger partial charge on any atom is -0.490 e. The SMILES string of the molecule is CCOc1cc(/C=C2/SC(=S)N(c3ccc(C(C)=O)cc3)C2=O)ccc1OC(C)C(=O)O. The Balaban J connectivity index is 1.87. The van der Waals surface area contributed by atoms with Crippen LogP contribution in [-0.4, -0.2) is 39.8 Å². The van der Waals surface area contributed by atoms with Gasteiger partial charge in [-0.1, -0.05) is 30.0 Å². The molecule has 3 rings (SSSR count). The van der Waals surface area contributed by atoms with Gasteiger partial charge in [0.2, 0.25) is 0 Å². The quantitative estimate of drug-likeness (QED) is 0.341. The largest absolute Gasteiger partial charge is 0.490 e. The second-order valence-corrected chi connectivity index (χ2v) is 8.53. The number of nitrogens with zero attached hydrogens (tertiary/aromatic N) is 1.